The molecule has 0 aliphatic heterocycles. The molecule has 1 amide bonds. The first-order valence-corrected chi connectivity index (χ1v) is 5.40. The molecule has 0 spiro atoms. The molecule has 1 aromatic rings. The number of carbonyl (C=O) groups is 3. The van der Waals surface area contributed by atoms with Crippen molar-refractivity contribution in [1.82, 2.24) is 0 Å². The van der Waals surface area contributed by atoms with Crippen LogP contribution in [0.1, 0.15) is 6.92 Å². The van der Waals surface area contributed by atoms with Gasteiger partial charge in [0, 0.05) is 12.6 Å². The van der Waals surface area contributed by atoms with Crippen molar-refractivity contribution in [3.63, 3.8) is 0 Å². The van der Waals surface area contributed by atoms with Gasteiger partial charge >= 0.3 is 11.9 Å². The van der Waals surface area contributed by atoms with Crippen LogP contribution in [-0.2, 0) is 14.4 Å². The van der Waals surface area contributed by atoms with E-state index in [-0.39, 0.29) is 5.91 Å². The number of carbonyl (C=O) groups excluding carboxylic acids is 1. The largest absolute Gasteiger partial charge is 0.479 e. The molecule has 0 radical (unpaired) electrons. The molecule has 0 aromatic heterocycles. The number of hydrogen-bond acceptors (Lipinski definition) is 5. The molecule has 0 aliphatic carbocycles. The molecular formula is C12H15NO7. The first-order valence-electron chi connectivity index (χ1n) is 5.40. The maximum Gasteiger partial charge on any atom is 0.335 e. The van der Waals surface area contributed by atoms with Gasteiger partial charge in [-0.2, -0.15) is 0 Å². The smallest absolute Gasteiger partial charge is 0.335 e. The Labute approximate surface area is 114 Å². The van der Waals surface area contributed by atoms with Crippen molar-refractivity contribution >= 4 is 23.5 Å². The van der Waals surface area contributed by atoms with Crippen molar-refractivity contribution < 1.29 is 34.8 Å². The highest BCUT2D eigenvalue weighted by Gasteiger charge is 2.29. The van der Waals surface area contributed by atoms with E-state index in [0.717, 1.165) is 5.69 Å². The highest BCUT2D eigenvalue weighted by molar-refractivity contribution is 5.88. The number of aliphatic hydroxyl groups excluding tert-OH is 2. The van der Waals surface area contributed by atoms with Crippen molar-refractivity contribution in [3.8, 4) is 0 Å². The van der Waals surface area contributed by atoms with E-state index in [0.29, 0.717) is 0 Å². The number of nitrogens with one attached hydrogen (secondary N) is 1. The van der Waals surface area contributed by atoms with Gasteiger partial charge in [0.25, 0.3) is 0 Å². The van der Waals surface area contributed by atoms with Gasteiger partial charge in [0.1, 0.15) is 0 Å². The van der Waals surface area contributed by atoms with Gasteiger partial charge in [0.05, 0.1) is 0 Å². The second-order valence-corrected chi connectivity index (χ2v) is 3.61. The van der Waals surface area contributed by atoms with Crippen LogP contribution in [0.15, 0.2) is 30.3 Å². The van der Waals surface area contributed by atoms with Crippen LogP contribution in [0.5, 0.6) is 0 Å². The van der Waals surface area contributed by atoms with Crippen molar-refractivity contribution in [2.24, 2.45) is 0 Å². The molecule has 0 heterocycles. The lowest BCUT2D eigenvalue weighted by Crippen LogP contribution is -2.39. The minimum Gasteiger partial charge on any atom is -0.479 e. The standard InChI is InChI=1S/C8H9NO.C4H6O6/c1-7(10)9-8-5-3-2-4-6-8;5-1(3(7)8)2(6)4(9)10/h2-6H,1H3,(H,9,10);1-2,5-6H,(H,7,8)(H,9,10). The predicted octanol–water partition coefficient (Wildman–Crippen LogP) is -0.478. The molecule has 0 aliphatic rings. The van der Waals surface area contributed by atoms with Gasteiger partial charge in [-0.1, -0.05) is 18.2 Å². The van der Waals surface area contributed by atoms with Crippen LogP contribution in [0, 0.1) is 0 Å². The first-order chi connectivity index (χ1) is 9.25. The van der Waals surface area contributed by atoms with Crippen LogP contribution in [0.25, 0.3) is 0 Å². The van der Waals surface area contributed by atoms with Crippen molar-refractivity contribution in [2.75, 3.05) is 5.32 Å². The zero-order valence-corrected chi connectivity index (χ0v) is 10.6. The summed E-state index contributed by atoms with van der Waals surface area (Å²) in [6.45, 7) is 1.49. The van der Waals surface area contributed by atoms with Crippen LogP contribution >= 0.6 is 0 Å². The lowest BCUT2D eigenvalue weighted by atomic mass is 10.2. The molecule has 5 N–H and O–H groups in total. The Balaban J connectivity index is 0.000000361. The molecule has 8 nitrogen and oxygen atoms in total. The van der Waals surface area contributed by atoms with Crippen LogP contribution in [0.4, 0.5) is 5.69 Å². The van der Waals surface area contributed by atoms with E-state index in [1.165, 1.54) is 6.92 Å². The van der Waals surface area contributed by atoms with E-state index in [1.54, 1.807) is 0 Å². The molecule has 0 saturated carbocycles. The summed E-state index contributed by atoms with van der Waals surface area (Å²) in [6, 6.07) is 9.37. The fourth-order valence-corrected chi connectivity index (χ4v) is 0.995. The molecular weight excluding hydrogens is 270 g/mol. The van der Waals surface area contributed by atoms with Crippen molar-refractivity contribution in [1.29, 1.82) is 0 Å². The third-order valence-electron chi connectivity index (χ3n) is 1.90. The summed E-state index contributed by atoms with van der Waals surface area (Å²) in [6.07, 6.45) is -4.53. The van der Waals surface area contributed by atoms with E-state index in [9.17, 15) is 14.4 Å². The summed E-state index contributed by atoms with van der Waals surface area (Å²) in [4.78, 5) is 30.0. The fourth-order valence-electron chi connectivity index (χ4n) is 0.995. The summed E-state index contributed by atoms with van der Waals surface area (Å²) >= 11 is 0. The normalized spacial score (nSPS) is 12.3. The van der Waals surface area contributed by atoms with E-state index >= 15 is 0 Å². The van der Waals surface area contributed by atoms with E-state index in [2.05, 4.69) is 5.32 Å². The average Bonchev–Trinajstić information content (AvgIpc) is 2.38. The molecule has 2 atom stereocenters. The molecule has 110 valence electrons. The Morgan fingerprint density at radius 3 is 1.65 bits per heavy atom. The average molecular weight is 285 g/mol. The van der Waals surface area contributed by atoms with Gasteiger partial charge in [-0.15, -0.1) is 0 Å². The maximum atomic E-state index is 10.5. The molecule has 1 rings (SSSR count). The van der Waals surface area contributed by atoms with Gasteiger partial charge < -0.3 is 25.7 Å². The van der Waals surface area contributed by atoms with Crippen LogP contribution in [0.2, 0.25) is 0 Å². The van der Waals surface area contributed by atoms with Crippen LogP contribution < -0.4 is 5.32 Å². The number of amides is 1. The SMILES string of the molecule is CC(=O)Nc1ccccc1.O=C(O)C(O)C(O)C(=O)O. The van der Waals surface area contributed by atoms with Gasteiger partial charge in [-0.05, 0) is 12.1 Å². The number of carboxylic acids is 2. The maximum absolute atomic E-state index is 10.5. The second kappa shape index (κ2) is 8.62. The highest BCUT2D eigenvalue weighted by atomic mass is 16.4. The predicted molar refractivity (Wildman–Crippen MR) is 68.0 cm³/mol. The number of para-hydroxylation sites is 1. The minimum absolute atomic E-state index is 0.0359. The Morgan fingerprint density at radius 1 is 0.950 bits per heavy atom. The number of aliphatic hydroxyl groups is 2. The van der Waals surface area contributed by atoms with Gasteiger partial charge in [-0.25, -0.2) is 9.59 Å². The summed E-state index contributed by atoms with van der Waals surface area (Å²) in [5, 5.41) is 35.2. The Bertz CT molecular complexity index is 442. The van der Waals surface area contributed by atoms with Crippen molar-refractivity contribution in [2.45, 2.75) is 19.1 Å². The third kappa shape index (κ3) is 7.09. The van der Waals surface area contributed by atoms with Gasteiger partial charge in [0.2, 0.25) is 5.91 Å². The van der Waals surface area contributed by atoms with E-state index < -0.39 is 24.1 Å². The number of aliphatic carboxylic acids is 2. The number of carboxylic acid groups (broad SMARTS) is 2. The summed E-state index contributed by atoms with van der Waals surface area (Å²) in [7, 11) is 0. The molecule has 2 unspecified atom stereocenters. The third-order valence-corrected chi connectivity index (χ3v) is 1.90. The monoisotopic (exact) mass is 285 g/mol. The molecule has 0 saturated heterocycles. The lowest BCUT2D eigenvalue weighted by molar-refractivity contribution is -0.165. The lowest BCUT2D eigenvalue weighted by Gasteiger charge is -2.07. The number of benzene rings is 1. The zero-order chi connectivity index (χ0) is 15.7. The molecule has 0 fully saturated rings. The Morgan fingerprint density at radius 2 is 1.35 bits per heavy atom. The summed E-state index contributed by atoms with van der Waals surface area (Å²) in [5.41, 5.74) is 0.843. The topological polar surface area (TPSA) is 144 Å². The number of rotatable bonds is 4. The quantitative estimate of drug-likeness (QED) is 0.502. The van der Waals surface area contributed by atoms with Crippen LogP contribution in [0.3, 0.4) is 0 Å². The highest BCUT2D eigenvalue weighted by Crippen LogP contribution is 2.03. The summed E-state index contributed by atoms with van der Waals surface area (Å²) in [5.74, 6) is -3.57. The Hall–Kier alpha value is -2.45. The minimum atomic E-state index is -2.27. The summed E-state index contributed by atoms with van der Waals surface area (Å²) < 4.78 is 0. The molecule has 8 heteroatoms. The van der Waals surface area contributed by atoms with E-state index in [4.69, 9.17) is 20.4 Å². The molecule has 20 heavy (non-hydrogen) atoms. The number of hydrogen-bond donors (Lipinski definition) is 5. The zero-order valence-electron chi connectivity index (χ0n) is 10.6. The van der Waals surface area contributed by atoms with Crippen LogP contribution in [-0.4, -0.2) is 50.5 Å². The van der Waals surface area contributed by atoms with E-state index in [1.807, 2.05) is 30.3 Å². The second-order valence-electron chi connectivity index (χ2n) is 3.61. The number of anilines is 1. The molecule has 0 bridgehead atoms. The molecule has 1 aromatic carbocycles. The van der Waals surface area contributed by atoms with Gasteiger partial charge in [-0.3, -0.25) is 4.79 Å². The fraction of sp³-hybridized carbons (Fsp3) is 0.250. The Kier molecular flexibility index (Phi) is 7.56. The van der Waals surface area contributed by atoms with Crippen molar-refractivity contribution in [3.05, 3.63) is 30.3 Å². The first kappa shape index (κ1) is 17.6. The van der Waals surface area contributed by atoms with Gasteiger partial charge in [0.15, 0.2) is 12.2 Å².